The van der Waals surface area contributed by atoms with Crippen molar-refractivity contribution < 1.29 is 27.8 Å². The number of pyridine rings is 1. The maximum Gasteiger partial charge on any atom is 0.387 e. The molecule has 0 amide bonds. The number of nitrogens with zero attached hydrogens (tertiary/aromatic N) is 3. The second kappa shape index (κ2) is 12.0. The van der Waals surface area contributed by atoms with Crippen LogP contribution in [0.25, 0.3) is 17.0 Å². The summed E-state index contributed by atoms with van der Waals surface area (Å²) in [6.45, 7) is 1.30. The number of esters is 1. The third-order valence-electron chi connectivity index (χ3n) is 5.41. The molecule has 190 valence electrons. The maximum absolute atomic E-state index is 12.4. The fourth-order valence-electron chi connectivity index (χ4n) is 3.69. The SMILES string of the molecule is CC#C[C@@H](CC(=O)OCC)c1ccc(OCc2ccc3nc(-c4ccc(OC(F)F)cc4)nn3c2)cc1. The second-order valence-electron chi connectivity index (χ2n) is 7.99. The van der Waals surface area contributed by atoms with Gasteiger partial charge in [-0.15, -0.1) is 11.0 Å². The fraction of sp³-hybridized carbons (Fsp3) is 0.250. The first-order valence-corrected chi connectivity index (χ1v) is 11.7. The van der Waals surface area contributed by atoms with Crippen LogP contribution in [-0.4, -0.2) is 33.8 Å². The van der Waals surface area contributed by atoms with Gasteiger partial charge in [-0.3, -0.25) is 4.79 Å². The Balaban J connectivity index is 1.40. The molecule has 0 radical (unpaired) electrons. The smallest absolute Gasteiger partial charge is 0.387 e. The number of aromatic nitrogens is 3. The van der Waals surface area contributed by atoms with Crippen LogP contribution in [0, 0.1) is 11.8 Å². The van der Waals surface area contributed by atoms with Gasteiger partial charge in [0.1, 0.15) is 18.1 Å². The summed E-state index contributed by atoms with van der Waals surface area (Å²) in [4.78, 5) is 16.4. The molecule has 0 aliphatic carbocycles. The molecular formula is C28H25F2N3O4. The third-order valence-corrected chi connectivity index (χ3v) is 5.41. The van der Waals surface area contributed by atoms with Gasteiger partial charge in [0.15, 0.2) is 11.5 Å². The van der Waals surface area contributed by atoms with E-state index in [2.05, 4.69) is 26.7 Å². The standard InChI is InChI=1S/C28H25F2N3O4/c1-3-5-22(16-26(34)35-4-2)20-7-11-23(12-8-20)36-18-19-6-15-25-31-27(32-33(25)17-19)21-9-13-24(14-10-21)37-28(29)30/h6-15,17,22,28H,4,16,18H2,1-2H3/t22-/m0/s1. The predicted molar refractivity (Wildman–Crippen MR) is 133 cm³/mol. The number of hydrogen-bond donors (Lipinski definition) is 0. The number of ether oxygens (including phenoxy) is 3. The van der Waals surface area contributed by atoms with Gasteiger partial charge in [0.25, 0.3) is 0 Å². The maximum atomic E-state index is 12.4. The molecule has 2 aromatic heterocycles. The van der Waals surface area contributed by atoms with Crippen molar-refractivity contribution in [1.29, 1.82) is 0 Å². The van der Waals surface area contributed by atoms with Crippen LogP contribution in [0.4, 0.5) is 8.78 Å². The lowest BCUT2D eigenvalue weighted by atomic mass is 9.96. The van der Waals surface area contributed by atoms with Gasteiger partial charge >= 0.3 is 12.6 Å². The normalized spacial score (nSPS) is 11.6. The van der Waals surface area contributed by atoms with Crippen LogP contribution < -0.4 is 9.47 Å². The Kier molecular flexibility index (Phi) is 8.31. The van der Waals surface area contributed by atoms with E-state index in [4.69, 9.17) is 9.47 Å². The van der Waals surface area contributed by atoms with E-state index in [1.54, 1.807) is 30.5 Å². The van der Waals surface area contributed by atoms with Crippen LogP contribution in [0.15, 0.2) is 66.9 Å². The average Bonchev–Trinajstić information content (AvgIpc) is 3.31. The molecule has 0 saturated heterocycles. The largest absolute Gasteiger partial charge is 0.489 e. The average molecular weight is 506 g/mol. The van der Waals surface area contributed by atoms with Crippen molar-refractivity contribution in [2.24, 2.45) is 0 Å². The summed E-state index contributed by atoms with van der Waals surface area (Å²) in [5.41, 5.74) is 3.11. The summed E-state index contributed by atoms with van der Waals surface area (Å²) in [5.74, 6) is 6.63. The first-order chi connectivity index (χ1) is 17.9. The van der Waals surface area contributed by atoms with Gasteiger partial charge < -0.3 is 14.2 Å². The van der Waals surface area contributed by atoms with Crippen molar-refractivity contribution in [3.63, 3.8) is 0 Å². The molecule has 0 saturated carbocycles. The molecule has 0 fully saturated rings. The van der Waals surface area contributed by atoms with Crippen LogP contribution in [0.5, 0.6) is 11.5 Å². The van der Waals surface area contributed by atoms with E-state index in [1.165, 1.54) is 12.1 Å². The Hall–Kier alpha value is -4.45. The minimum Gasteiger partial charge on any atom is -0.489 e. The minimum absolute atomic E-state index is 0.0720. The zero-order valence-electron chi connectivity index (χ0n) is 20.4. The van der Waals surface area contributed by atoms with Gasteiger partial charge in [0, 0.05) is 17.3 Å². The Bertz CT molecular complexity index is 1410. The molecule has 9 heteroatoms. The van der Waals surface area contributed by atoms with Gasteiger partial charge in [0.05, 0.1) is 18.9 Å². The van der Waals surface area contributed by atoms with Gasteiger partial charge in [-0.05, 0) is 61.9 Å². The molecule has 0 N–H and O–H groups in total. The Labute approximate surface area is 213 Å². The summed E-state index contributed by atoms with van der Waals surface area (Å²) in [5, 5.41) is 4.48. The summed E-state index contributed by atoms with van der Waals surface area (Å²) in [7, 11) is 0. The number of alkyl halides is 2. The lowest BCUT2D eigenvalue weighted by Gasteiger charge is -2.12. The zero-order chi connectivity index (χ0) is 26.2. The Morgan fingerprint density at radius 3 is 2.43 bits per heavy atom. The number of fused-ring (bicyclic) bond motifs is 1. The van der Waals surface area contributed by atoms with Crippen molar-refractivity contribution in [1.82, 2.24) is 14.6 Å². The molecule has 1 atom stereocenters. The highest BCUT2D eigenvalue weighted by molar-refractivity contribution is 5.71. The molecule has 7 nitrogen and oxygen atoms in total. The molecule has 0 aliphatic rings. The molecule has 0 bridgehead atoms. The molecule has 0 unspecified atom stereocenters. The van der Waals surface area contributed by atoms with E-state index in [1.807, 2.05) is 42.6 Å². The summed E-state index contributed by atoms with van der Waals surface area (Å²) in [6.07, 6.45) is 2.02. The van der Waals surface area contributed by atoms with Crippen molar-refractivity contribution in [2.75, 3.05) is 6.61 Å². The van der Waals surface area contributed by atoms with Crippen molar-refractivity contribution >= 4 is 11.6 Å². The molecule has 4 rings (SSSR count). The summed E-state index contributed by atoms with van der Waals surface area (Å²) < 4.78 is 41.7. The molecule has 2 aromatic carbocycles. The highest BCUT2D eigenvalue weighted by atomic mass is 19.3. The topological polar surface area (TPSA) is 75.0 Å². The number of benzene rings is 2. The molecular weight excluding hydrogens is 480 g/mol. The van der Waals surface area contributed by atoms with Crippen LogP contribution in [0.1, 0.15) is 37.3 Å². The van der Waals surface area contributed by atoms with Crippen molar-refractivity contribution in [3.8, 4) is 34.7 Å². The number of halogens is 2. The van der Waals surface area contributed by atoms with E-state index < -0.39 is 6.61 Å². The predicted octanol–water partition coefficient (Wildman–Crippen LogP) is 5.64. The highest BCUT2D eigenvalue weighted by Gasteiger charge is 2.15. The first kappa shape index (κ1) is 25.6. The summed E-state index contributed by atoms with van der Waals surface area (Å²) >= 11 is 0. The van der Waals surface area contributed by atoms with Gasteiger partial charge in [-0.25, -0.2) is 9.50 Å². The number of hydrogen-bond acceptors (Lipinski definition) is 6. The lowest BCUT2D eigenvalue weighted by molar-refractivity contribution is -0.143. The van der Waals surface area contributed by atoms with E-state index >= 15 is 0 Å². The number of rotatable bonds is 10. The molecule has 37 heavy (non-hydrogen) atoms. The molecule has 0 aliphatic heterocycles. The monoisotopic (exact) mass is 505 g/mol. The van der Waals surface area contributed by atoms with E-state index in [0.717, 1.165) is 11.1 Å². The first-order valence-electron chi connectivity index (χ1n) is 11.7. The Morgan fingerprint density at radius 2 is 1.76 bits per heavy atom. The van der Waals surface area contributed by atoms with Crippen LogP contribution >= 0.6 is 0 Å². The molecule has 2 heterocycles. The van der Waals surface area contributed by atoms with E-state index in [-0.39, 0.29) is 24.1 Å². The quantitative estimate of drug-likeness (QED) is 0.205. The zero-order valence-corrected chi connectivity index (χ0v) is 20.4. The van der Waals surface area contributed by atoms with Gasteiger partial charge in [-0.2, -0.15) is 8.78 Å². The lowest BCUT2D eigenvalue weighted by Crippen LogP contribution is -2.09. The van der Waals surface area contributed by atoms with E-state index in [9.17, 15) is 13.6 Å². The highest BCUT2D eigenvalue weighted by Crippen LogP contribution is 2.24. The van der Waals surface area contributed by atoms with Crippen LogP contribution in [0.2, 0.25) is 0 Å². The van der Waals surface area contributed by atoms with Crippen LogP contribution in [-0.2, 0) is 16.1 Å². The summed E-state index contributed by atoms with van der Waals surface area (Å²) in [6, 6.07) is 17.4. The fourth-order valence-corrected chi connectivity index (χ4v) is 3.69. The number of carbonyl (C=O) groups excluding carboxylic acids is 1. The van der Waals surface area contributed by atoms with Gasteiger partial charge in [0.2, 0.25) is 0 Å². The molecule has 0 spiro atoms. The van der Waals surface area contributed by atoms with Crippen molar-refractivity contribution in [2.45, 2.75) is 39.4 Å². The van der Waals surface area contributed by atoms with Crippen LogP contribution in [0.3, 0.4) is 0 Å². The second-order valence-corrected chi connectivity index (χ2v) is 7.99. The minimum atomic E-state index is -2.87. The third kappa shape index (κ3) is 6.82. The number of carbonyl (C=O) groups is 1. The van der Waals surface area contributed by atoms with Gasteiger partial charge in [-0.1, -0.05) is 24.1 Å². The van der Waals surface area contributed by atoms with E-state index in [0.29, 0.717) is 36.0 Å². The van der Waals surface area contributed by atoms with Crippen molar-refractivity contribution in [3.05, 3.63) is 78.0 Å². The Morgan fingerprint density at radius 1 is 1.03 bits per heavy atom. The molecule has 4 aromatic rings.